The van der Waals surface area contributed by atoms with Gasteiger partial charge in [0.2, 0.25) is 10.0 Å². The van der Waals surface area contributed by atoms with Crippen molar-refractivity contribution in [2.75, 3.05) is 0 Å². The second-order valence-electron chi connectivity index (χ2n) is 5.67. The van der Waals surface area contributed by atoms with E-state index in [4.69, 9.17) is 16.7 Å². The quantitative estimate of drug-likeness (QED) is 0.871. The molecular weight excluding hydrogens is 310 g/mol. The van der Waals surface area contributed by atoms with E-state index < -0.39 is 10.0 Å². The van der Waals surface area contributed by atoms with Gasteiger partial charge < -0.3 is 5.11 Å². The normalized spacial score (nSPS) is 23.2. The van der Waals surface area contributed by atoms with Crippen LogP contribution in [0.25, 0.3) is 0 Å². The monoisotopic (exact) mass is 331 g/mol. The first-order valence-electron chi connectivity index (χ1n) is 7.38. The Balaban J connectivity index is 2.12. The van der Waals surface area contributed by atoms with Gasteiger partial charge in [-0.2, -0.15) is 0 Å². The van der Waals surface area contributed by atoms with Gasteiger partial charge in [0.25, 0.3) is 0 Å². The van der Waals surface area contributed by atoms with Crippen LogP contribution >= 0.6 is 11.6 Å². The molecule has 6 heteroatoms. The maximum atomic E-state index is 12.5. The van der Waals surface area contributed by atoms with Crippen LogP contribution in [0.5, 0.6) is 0 Å². The Hall–Kier alpha value is -0.620. The van der Waals surface area contributed by atoms with Gasteiger partial charge in [-0.1, -0.05) is 31.0 Å². The van der Waals surface area contributed by atoms with Gasteiger partial charge in [0, 0.05) is 6.04 Å². The van der Waals surface area contributed by atoms with Gasteiger partial charge in [0.1, 0.15) is 4.90 Å². The molecule has 1 aromatic carbocycles. The predicted octanol–water partition coefficient (Wildman–Crippen LogP) is 3.08. The number of aliphatic hydroxyl groups excluding tert-OH is 1. The van der Waals surface area contributed by atoms with E-state index in [-0.39, 0.29) is 22.6 Å². The number of benzene rings is 1. The van der Waals surface area contributed by atoms with E-state index >= 15 is 0 Å². The van der Waals surface area contributed by atoms with Crippen molar-refractivity contribution in [3.8, 4) is 0 Å². The summed E-state index contributed by atoms with van der Waals surface area (Å²) in [5.74, 6) is 0.715. The van der Waals surface area contributed by atoms with Crippen molar-refractivity contribution in [1.29, 1.82) is 0 Å². The van der Waals surface area contributed by atoms with Gasteiger partial charge in [-0.3, -0.25) is 0 Å². The molecule has 1 aromatic rings. The molecule has 1 aliphatic carbocycles. The SMILES string of the molecule is CCC1CCC(NS(=O)(=O)c2cc(CO)ccc2Cl)CC1. The molecular formula is C15H22ClNO3S. The van der Waals surface area contributed by atoms with Gasteiger partial charge in [-0.15, -0.1) is 0 Å². The molecule has 2 N–H and O–H groups in total. The zero-order valence-corrected chi connectivity index (χ0v) is 13.8. The van der Waals surface area contributed by atoms with Crippen LogP contribution in [0, 0.1) is 5.92 Å². The summed E-state index contributed by atoms with van der Waals surface area (Å²) >= 11 is 6.00. The number of rotatable bonds is 5. The molecule has 1 aliphatic rings. The third kappa shape index (κ3) is 4.19. The number of halogens is 1. The Morgan fingerprint density at radius 1 is 1.29 bits per heavy atom. The van der Waals surface area contributed by atoms with Crippen LogP contribution in [0.3, 0.4) is 0 Å². The minimum atomic E-state index is -3.64. The highest BCUT2D eigenvalue weighted by Gasteiger charge is 2.26. The van der Waals surface area contributed by atoms with Crippen molar-refractivity contribution in [2.45, 2.75) is 56.6 Å². The van der Waals surface area contributed by atoms with Gasteiger partial charge in [0.15, 0.2) is 0 Å². The van der Waals surface area contributed by atoms with Crippen LogP contribution in [-0.2, 0) is 16.6 Å². The molecule has 2 rings (SSSR count). The Labute approximate surface area is 131 Å². The maximum absolute atomic E-state index is 12.5. The predicted molar refractivity (Wildman–Crippen MR) is 83.7 cm³/mol. The minimum Gasteiger partial charge on any atom is -0.392 e. The topological polar surface area (TPSA) is 66.4 Å². The Bertz CT molecular complexity index is 581. The van der Waals surface area contributed by atoms with Crippen molar-refractivity contribution < 1.29 is 13.5 Å². The van der Waals surface area contributed by atoms with E-state index in [2.05, 4.69) is 11.6 Å². The maximum Gasteiger partial charge on any atom is 0.242 e. The summed E-state index contributed by atoms with van der Waals surface area (Å²) < 4.78 is 27.7. The molecule has 0 bridgehead atoms. The van der Waals surface area contributed by atoms with E-state index in [0.29, 0.717) is 11.5 Å². The fraction of sp³-hybridized carbons (Fsp3) is 0.600. The summed E-state index contributed by atoms with van der Waals surface area (Å²) in [6.45, 7) is 1.97. The standard InChI is InChI=1S/C15H22ClNO3S/c1-2-11-3-6-13(7-4-11)17-21(19,20)15-9-12(10-18)5-8-14(15)16/h5,8-9,11,13,17-18H,2-4,6-7,10H2,1H3. The highest BCUT2D eigenvalue weighted by Crippen LogP contribution is 2.29. The van der Waals surface area contributed by atoms with Gasteiger partial charge in [-0.25, -0.2) is 13.1 Å². The lowest BCUT2D eigenvalue weighted by molar-refractivity contribution is 0.281. The lowest BCUT2D eigenvalue weighted by atomic mass is 9.85. The van der Waals surface area contributed by atoms with E-state index in [1.807, 2.05) is 0 Å². The van der Waals surface area contributed by atoms with Crippen LogP contribution in [-0.4, -0.2) is 19.6 Å². The van der Waals surface area contributed by atoms with Gasteiger partial charge in [-0.05, 0) is 49.3 Å². The molecule has 0 aromatic heterocycles. The van der Waals surface area contributed by atoms with Crippen molar-refractivity contribution in [3.63, 3.8) is 0 Å². The third-order valence-corrected chi connectivity index (χ3v) is 6.22. The molecule has 0 spiro atoms. The zero-order valence-electron chi connectivity index (χ0n) is 12.2. The van der Waals surface area contributed by atoms with E-state index in [0.717, 1.165) is 32.1 Å². The Morgan fingerprint density at radius 2 is 1.95 bits per heavy atom. The molecule has 0 saturated heterocycles. The molecule has 0 atom stereocenters. The molecule has 4 nitrogen and oxygen atoms in total. The number of aliphatic hydroxyl groups is 1. The van der Waals surface area contributed by atoms with Crippen molar-refractivity contribution in [2.24, 2.45) is 5.92 Å². The summed E-state index contributed by atoms with van der Waals surface area (Å²) in [6.07, 6.45) is 5.02. The molecule has 1 saturated carbocycles. The van der Waals surface area contributed by atoms with Crippen LogP contribution < -0.4 is 4.72 Å². The molecule has 0 heterocycles. The third-order valence-electron chi connectivity index (χ3n) is 4.21. The fourth-order valence-corrected chi connectivity index (χ4v) is 4.68. The first-order valence-corrected chi connectivity index (χ1v) is 9.24. The fourth-order valence-electron chi connectivity index (χ4n) is 2.82. The average Bonchev–Trinajstić information content (AvgIpc) is 2.48. The Morgan fingerprint density at radius 3 is 2.52 bits per heavy atom. The molecule has 0 unspecified atom stereocenters. The number of sulfonamides is 1. The van der Waals surface area contributed by atoms with Crippen LogP contribution in [0.1, 0.15) is 44.6 Å². The van der Waals surface area contributed by atoms with Crippen LogP contribution in [0.4, 0.5) is 0 Å². The molecule has 0 aliphatic heterocycles. The summed E-state index contributed by atoms with van der Waals surface area (Å²) in [5.41, 5.74) is 0.537. The molecule has 1 fully saturated rings. The van der Waals surface area contributed by atoms with E-state index in [1.54, 1.807) is 6.07 Å². The van der Waals surface area contributed by atoms with Crippen molar-refractivity contribution in [1.82, 2.24) is 4.72 Å². The largest absolute Gasteiger partial charge is 0.392 e. The zero-order chi connectivity index (χ0) is 15.5. The molecule has 118 valence electrons. The van der Waals surface area contributed by atoms with Gasteiger partial charge >= 0.3 is 0 Å². The molecule has 21 heavy (non-hydrogen) atoms. The molecule has 0 amide bonds. The highest BCUT2D eigenvalue weighted by molar-refractivity contribution is 7.89. The van der Waals surface area contributed by atoms with Crippen molar-refractivity contribution >= 4 is 21.6 Å². The number of hydrogen-bond acceptors (Lipinski definition) is 3. The van der Waals surface area contributed by atoms with E-state index in [1.165, 1.54) is 12.1 Å². The first kappa shape index (κ1) is 16.7. The van der Waals surface area contributed by atoms with Crippen LogP contribution in [0.2, 0.25) is 5.02 Å². The lowest BCUT2D eigenvalue weighted by Crippen LogP contribution is -2.37. The summed E-state index contributed by atoms with van der Waals surface area (Å²) in [5, 5.41) is 9.32. The second kappa shape index (κ2) is 7.09. The van der Waals surface area contributed by atoms with Crippen LogP contribution in [0.15, 0.2) is 23.1 Å². The first-order chi connectivity index (χ1) is 9.96. The average molecular weight is 332 g/mol. The summed E-state index contributed by atoms with van der Waals surface area (Å²) in [7, 11) is -3.64. The summed E-state index contributed by atoms with van der Waals surface area (Å²) in [4.78, 5) is 0.0494. The van der Waals surface area contributed by atoms with Gasteiger partial charge in [0.05, 0.1) is 11.6 Å². The number of nitrogens with one attached hydrogen (secondary N) is 1. The van der Waals surface area contributed by atoms with E-state index in [9.17, 15) is 8.42 Å². The smallest absolute Gasteiger partial charge is 0.242 e. The second-order valence-corrected chi connectivity index (χ2v) is 7.76. The Kier molecular flexibility index (Phi) is 5.66. The number of hydrogen-bond donors (Lipinski definition) is 2. The highest BCUT2D eigenvalue weighted by atomic mass is 35.5. The summed E-state index contributed by atoms with van der Waals surface area (Å²) in [6, 6.07) is 4.54. The lowest BCUT2D eigenvalue weighted by Gasteiger charge is -2.28. The minimum absolute atomic E-state index is 0.0216. The molecule has 0 radical (unpaired) electrons. The van der Waals surface area contributed by atoms with Crippen molar-refractivity contribution in [3.05, 3.63) is 28.8 Å².